The van der Waals surface area contributed by atoms with Crippen LogP contribution in [-0.2, 0) is 4.79 Å². The highest BCUT2D eigenvalue weighted by atomic mass is 19.1. The first-order chi connectivity index (χ1) is 8.91. The summed E-state index contributed by atoms with van der Waals surface area (Å²) in [6.45, 7) is 1.69. The van der Waals surface area contributed by atoms with Gasteiger partial charge >= 0.3 is 5.97 Å². The number of amides is 1. The molecule has 102 valence electrons. The highest BCUT2D eigenvalue weighted by molar-refractivity contribution is 5.97. The summed E-state index contributed by atoms with van der Waals surface area (Å²) < 4.78 is 26.8. The molecule has 1 N–H and O–H groups in total. The second-order valence-corrected chi connectivity index (χ2v) is 4.58. The number of likely N-dealkylation sites (tertiary alicyclic amines) is 1. The van der Waals surface area contributed by atoms with E-state index in [1.165, 1.54) is 6.92 Å². The Labute approximate surface area is 108 Å². The van der Waals surface area contributed by atoms with Gasteiger partial charge in [-0.15, -0.1) is 0 Å². The summed E-state index contributed by atoms with van der Waals surface area (Å²) in [5.41, 5.74) is -0.136. The summed E-state index contributed by atoms with van der Waals surface area (Å²) in [6.07, 6.45) is 0.910. The van der Waals surface area contributed by atoms with Gasteiger partial charge in [0.25, 0.3) is 5.91 Å². The molecule has 6 heteroatoms. The molecule has 1 amide bonds. The zero-order valence-corrected chi connectivity index (χ0v) is 10.3. The summed E-state index contributed by atoms with van der Waals surface area (Å²) in [5.74, 6) is -3.51. The van der Waals surface area contributed by atoms with Crippen molar-refractivity contribution in [2.24, 2.45) is 0 Å². The SMILES string of the molecule is Cc1cc(C(=O)N2CCC[C@H]2C(=O)O)c(F)cc1F. The lowest BCUT2D eigenvalue weighted by atomic mass is 10.1. The van der Waals surface area contributed by atoms with E-state index in [-0.39, 0.29) is 17.7 Å². The highest BCUT2D eigenvalue weighted by Gasteiger charge is 2.35. The number of carboxylic acids is 1. The third kappa shape index (κ3) is 2.43. The van der Waals surface area contributed by atoms with Crippen molar-refractivity contribution in [3.05, 3.63) is 34.9 Å². The van der Waals surface area contributed by atoms with Gasteiger partial charge in [0.1, 0.15) is 17.7 Å². The van der Waals surface area contributed by atoms with Gasteiger partial charge in [0.15, 0.2) is 0 Å². The molecule has 1 aromatic rings. The Bertz CT molecular complexity index is 545. The van der Waals surface area contributed by atoms with Crippen LogP contribution in [0.3, 0.4) is 0 Å². The molecule has 19 heavy (non-hydrogen) atoms. The smallest absolute Gasteiger partial charge is 0.326 e. The van der Waals surface area contributed by atoms with Crippen molar-refractivity contribution in [3.63, 3.8) is 0 Å². The molecule has 0 spiro atoms. The summed E-state index contributed by atoms with van der Waals surface area (Å²) in [5, 5.41) is 9.00. The second-order valence-electron chi connectivity index (χ2n) is 4.58. The van der Waals surface area contributed by atoms with Gasteiger partial charge in [-0.2, -0.15) is 0 Å². The van der Waals surface area contributed by atoms with Crippen LogP contribution in [0.25, 0.3) is 0 Å². The lowest BCUT2D eigenvalue weighted by molar-refractivity contribution is -0.141. The Morgan fingerprint density at radius 3 is 2.63 bits per heavy atom. The quantitative estimate of drug-likeness (QED) is 0.893. The maximum atomic E-state index is 13.6. The van der Waals surface area contributed by atoms with E-state index in [1.54, 1.807) is 0 Å². The van der Waals surface area contributed by atoms with Crippen molar-refractivity contribution in [1.82, 2.24) is 4.90 Å². The van der Waals surface area contributed by atoms with Crippen LogP contribution in [0.1, 0.15) is 28.8 Å². The van der Waals surface area contributed by atoms with Crippen molar-refractivity contribution in [2.75, 3.05) is 6.54 Å². The van der Waals surface area contributed by atoms with Gasteiger partial charge in [0, 0.05) is 12.6 Å². The summed E-state index contributed by atoms with van der Waals surface area (Å²) >= 11 is 0. The van der Waals surface area contributed by atoms with Crippen molar-refractivity contribution in [1.29, 1.82) is 0 Å². The fourth-order valence-corrected chi connectivity index (χ4v) is 2.24. The van der Waals surface area contributed by atoms with E-state index in [9.17, 15) is 18.4 Å². The molecule has 1 aliphatic rings. The number of aliphatic carboxylic acids is 1. The third-order valence-corrected chi connectivity index (χ3v) is 3.28. The normalized spacial score (nSPS) is 18.7. The highest BCUT2D eigenvalue weighted by Crippen LogP contribution is 2.23. The van der Waals surface area contributed by atoms with Crippen LogP contribution in [0.4, 0.5) is 8.78 Å². The van der Waals surface area contributed by atoms with E-state index in [0.717, 1.165) is 11.0 Å². The average Bonchev–Trinajstić information content (AvgIpc) is 2.82. The fourth-order valence-electron chi connectivity index (χ4n) is 2.24. The average molecular weight is 269 g/mol. The Kier molecular flexibility index (Phi) is 3.50. The number of aryl methyl sites for hydroxylation is 1. The molecule has 1 saturated heterocycles. The van der Waals surface area contributed by atoms with Crippen LogP contribution in [0.5, 0.6) is 0 Å². The van der Waals surface area contributed by atoms with Crippen LogP contribution in [0.2, 0.25) is 0 Å². The largest absolute Gasteiger partial charge is 0.480 e. The molecule has 0 radical (unpaired) electrons. The van der Waals surface area contributed by atoms with Crippen LogP contribution in [0.15, 0.2) is 12.1 Å². The van der Waals surface area contributed by atoms with Crippen molar-refractivity contribution in [3.8, 4) is 0 Å². The van der Waals surface area contributed by atoms with E-state index < -0.39 is 29.6 Å². The Balaban J connectivity index is 2.34. The van der Waals surface area contributed by atoms with Crippen molar-refractivity contribution >= 4 is 11.9 Å². The molecule has 1 aromatic carbocycles. The van der Waals surface area contributed by atoms with E-state index in [2.05, 4.69) is 0 Å². The second kappa shape index (κ2) is 4.95. The van der Waals surface area contributed by atoms with Crippen LogP contribution in [-0.4, -0.2) is 34.5 Å². The van der Waals surface area contributed by atoms with Gasteiger partial charge in [-0.1, -0.05) is 0 Å². The molecular formula is C13H13F2NO3. The Morgan fingerprint density at radius 2 is 2.00 bits per heavy atom. The molecule has 2 rings (SSSR count). The minimum Gasteiger partial charge on any atom is -0.480 e. The molecule has 0 bridgehead atoms. The van der Waals surface area contributed by atoms with E-state index in [4.69, 9.17) is 5.11 Å². The molecule has 0 aliphatic carbocycles. The topological polar surface area (TPSA) is 57.6 Å². The zero-order chi connectivity index (χ0) is 14.2. The number of carbonyl (C=O) groups excluding carboxylic acids is 1. The summed E-state index contributed by atoms with van der Waals surface area (Å²) in [4.78, 5) is 24.3. The van der Waals surface area contributed by atoms with Gasteiger partial charge in [-0.3, -0.25) is 4.79 Å². The predicted molar refractivity (Wildman–Crippen MR) is 62.8 cm³/mol. The number of halogens is 2. The standard InChI is InChI=1S/C13H13F2NO3/c1-7-5-8(10(15)6-9(7)14)12(17)16-4-2-3-11(16)13(18)19/h5-6,11H,2-4H2,1H3,(H,18,19)/t11-/m0/s1. The van der Waals surface area contributed by atoms with Crippen LogP contribution < -0.4 is 0 Å². The predicted octanol–water partition coefficient (Wildman–Crippen LogP) is 1.96. The van der Waals surface area contributed by atoms with Gasteiger partial charge in [0.05, 0.1) is 5.56 Å². The first-order valence-electron chi connectivity index (χ1n) is 5.91. The molecule has 0 saturated carbocycles. The number of carbonyl (C=O) groups is 2. The number of carboxylic acid groups (broad SMARTS) is 1. The first kappa shape index (κ1) is 13.5. The molecule has 1 fully saturated rings. The Morgan fingerprint density at radius 1 is 1.32 bits per heavy atom. The molecule has 0 unspecified atom stereocenters. The number of benzene rings is 1. The lowest BCUT2D eigenvalue weighted by Crippen LogP contribution is -2.40. The maximum absolute atomic E-state index is 13.6. The minimum atomic E-state index is -1.11. The molecule has 0 aromatic heterocycles. The van der Waals surface area contributed by atoms with Crippen LogP contribution >= 0.6 is 0 Å². The molecule has 4 nitrogen and oxygen atoms in total. The molecule has 1 atom stereocenters. The third-order valence-electron chi connectivity index (χ3n) is 3.28. The lowest BCUT2D eigenvalue weighted by Gasteiger charge is -2.21. The zero-order valence-electron chi connectivity index (χ0n) is 10.3. The van der Waals surface area contributed by atoms with E-state index in [0.29, 0.717) is 18.9 Å². The van der Waals surface area contributed by atoms with Gasteiger partial charge in [-0.25, -0.2) is 13.6 Å². The van der Waals surface area contributed by atoms with Crippen LogP contribution in [0, 0.1) is 18.6 Å². The van der Waals surface area contributed by atoms with E-state index >= 15 is 0 Å². The van der Waals surface area contributed by atoms with Gasteiger partial charge in [-0.05, 0) is 31.4 Å². The van der Waals surface area contributed by atoms with Crippen molar-refractivity contribution in [2.45, 2.75) is 25.8 Å². The minimum absolute atomic E-state index is 0.149. The Hall–Kier alpha value is -1.98. The van der Waals surface area contributed by atoms with Gasteiger partial charge in [0.2, 0.25) is 0 Å². The summed E-state index contributed by atoms with van der Waals surface area (Å²) in [6, 6.07) is 0.829. The fraction of sp³-hybridized carbons (Fsp3) is 0.385. The van der Waals surface area contributed by atoms with Gasteiger partial charge < -0.3 is 10.0 Å². The monoisotopic (exact) mass is 269 g/mol. The molecular weight excluding hydrogens is 256 g/mol. The molecule has 1 heterocycles. The first-order valence-corrected chi connectivity index (χ1v) is 5.91. The maximum Gasteiger partial charge on any atom is 0.326 e. The molecule has 1 aliphatic heterocycles. The van der Waals surface area contributed by atoms with E-state index in [1.807, 2.05) is 0 Å². The van der Waals surface area contributed by atoms with Crippen molar-refractivity contribution < 1.29 is 23.5 Å². The number of hydrogen-bond donors (Lipinski definition) is 1. The summed E-state index contributed by atoms with van der Waals surface area (Å²) in [7, 11) is 0. The number of hydrogen-bond acceptors (Lipinski definition) is 2. The number of rotatable bonds is 2. The number of nitrogens with zero attached hydrogens (tertiary/aromatic N) is 1.